The van der Waals surface area contributed by atoms with Crippen LogP contribution in [-0.2, 0) is 9.53 Å². The van der Waals surface area contributed by atoms with Crippen molar-refractivity contribution in [3.8, 4) is 12.0 Å². The molecule has 0 aromatic heterocycles. The molecule has 0 aromatic rings. The van der Waals surface area contributed by atoms with Gasteiger partial charge in [-0.1, -0.05) is 117 Å². The van der Waals surface area contributed by atoms with Gasteiger partial charge in [-0.15, -0.1) is 0 Å². The molecule has 2 heteroatoms. The summed E-state index contributed by atoms with van der Waals surface area (Å²) in [4.78, 5) is 11.4. The lowest BCUT2D eigenvalue weighted by Gasteiger charge is -2.03. The topological polar surface area (TPSA) is 26.3 Å². The molecule has 0 aliphatic rings. The molecule has 25 heavy (non-hydrogen) atoms. The van der Waals surface area contributed by atoms with Crippen LogP contribution >= 0.6 is 0 Å². The van der Waals surface area contributed by atoms with Gasteiger partial charge < -0.3 is 4.74 Å². The van der Waals surface area contributed by atoms with E-state index in [-0.39, 0.29) is 11.9 Å². The smallest absolute Gasteiger partial charge is 0.319 e. The fraction of sp³-hybridized carbons (Fsp3) is 0.870. The third-order valence-corrected chi connectivity index (χ3v) is 4.50. The van der Waals surface area contributed by atoms with Crippen LogP contribution in [0.1, 0.15) is 124 Å². The van der Waals surface area contributed by atoms with Crippen molar-refractivity contribution in [2.45, 2.75) is 124 Å². The highest BCUT2D eigenvalue weighted by Crippen LogP contribution is 2.13. The first-order valence-electron chi connectivity index (χ1n) is 10.9. The Kier molecular flexibility index (Phi) is 18.6. The maximum absolute atomic E-state index is 11.4. The van der Waals surface area contributed by atoms with Crippen LogP contribution in [0.15, 0.2) is 0 Å². The highest BCUT2D eigenvalue weighted by Gasteiger charge is 2.01. The summed E-state index contributed by atoms with van der Waals surface area (Å²) in [7, 11) is 0. The summed E-state index contributed by atoms with van der Waals surface area (Å²) < 4.78 is 4.87. The van der Waals surface area contributed by atoms with Crippen LogP contribution in [-0.4, -0.2) is 5.97 Å². The molecule has 146 valence electrons. The van der Waals surface area contributed by atoms with Gasteiger partial charge in [0.05, 0.1) is 0 Å². The average molecular weight is 351 g/mol. The first kappa shape index (κ1) is 24.0. The number of esters is 1. The summed E-state index contributed by atoms with van der Waals surface area (Å²) in [6.07, 6.45) is 23.0. The minimum absolute atomic E-state index is 0.178. The van der Waals surface area contributed by atoms with Gasteiger partial charge in [0.1, 0.15) is 6.11 Å². The molecule has 0 aliphatic heterocycles. The minimum atomic E-state index is -0.178. The molecular weight excluding hydrogens is 308 g/mol. The second-order valence-corrected chi connectivity index (χ2v) is 7.57. The van der Waals surface area contributed by atoms with E-state index < -0.39 is 0 Å². The van der Waals surface area contributed by atoms with Crippen molar-refractivity contribution in [1.29, 1.82) is 0 Å². The summed E-state index contributed by atoms with van der Waals surface area (Å²) in [6.45, 7) is 6.24. The number of hydrogen-bond acceptors (Lipinski definition) is 2. The normalized spacial score (nSPS) is 10.6. The van der Waals surface area contributed by atoms with Gasteiger partial charge in [0.2, 0.25) is 0 Å². The molecule has 0 saturated heterocycles. The van der Waals surface area contributed by atoms with E-state index >= 15 is 0 Å². The molecule has 0 spiro atoms. The Balaban J connectivity index is 3.17. The van der Waals surface area contributed by atoms with Gasteiger partial charge in [-0.2, -0.15) is 0 Å². The molecule has 0 bridgehead atoms. The third-order valence-electron chi connectivity index (χ3n) is 4.50. The van der Waals surface area contributed by atoms with Crippen LogP contribution < -0.4 is 0 Å². The lowest BCUT2D eigenvalue weighted by Crippen LogP contribution is -1.99. The van der Waals surface area contributed by atoms with E-state index in [1.54, 1.807) is 0 Å². The van der Waals surface area contributed by atoms with Crippen LogP contribution in [0.5, 0.6) is 0 Å². The Bertz CT molecular complexity index is 349. The van der Waals surface area contributed by atoms with Gasteiger partial charge in [0.25, 0.3) is 0 Å². The standard InChI is InChI=1S/C23H42O2/c1-4-5-6-7-8-9-10-11-12-13-14-15-16-17-18-19-23(24)25-21-20-22(2)3/h22H,4-19H2,1-3H3. The largest absolute Gasteiger partial charge is 0.372 e. The first-order valence-corrected chi connectivity index (χ1v) is 10.9. The van der Waals surface area contributed by atoms with Crippen molar-refractivity contribution in [1.82, 2.24) is 0 Å². The molecule has 0 heterocycles. The molecule has 0 fully saturated rings. The van der Waals surface area contributed by atoms with Crippen molar-refractivity contribution >= 4 is 5.97 Å². The monoisotopic (exact) mass is 350 g/mol. The highest BCUT2D eigenvalue weighted by atomic mass is 16.5. The quantitative estimate of drug-likeness (QED) is 0.164. The minimum Gasteiger partial charge on any atom is -0.372 e. The number of carbonyl (C=O) groups is 1. The highest BCUT2D eigenvalue weighted by molar-refractivity contribution is 5.70. The van der Waals surface area contributed by atoms with E-state index in [4.69, 9.17) is 4.74 Å². The first-order chi connectivity index (χ1) is 12.2. The number of hydrogen-bond donors (Lipinski definition) is 0. The van der Waals surface area contributed by atoms with Crippen molar-refractivity contribution in [3.05, 3.63) is 0 Å². The van der Waals surface area contributed by atoms with Gasteiger partial charge in [-0.25, -0.2) is 0 Å². The van der Waals surface area contributed by atoms with Crippen LogP contribution in [0.2, 0.25) is 0 Å². The average Bonchev–Trinajstić information content (AvgIpc) is 2.58. The molecule has 0 saturated carbocycles. The SMILES string of the molecule is CCCCCCCCCCCCCCCCCC(=O)OC#CC(C)C. The number of carbonyl (C=O) groups excluding carboxylic acids is 1. The Morgan fingerprint density at radius 3 is 1.52 bits per heavy atom. The van der Waals surface area contributed by atoms with Crippen molar-refractivity contribution < 1.29 is 9.53 Å². The van der Waals surface area contributed by atoms with Crippen LogP contribution in [0.25, 0.3) is 0 Å². The maximum atomic E-state index is 11.4. The maximum Gasteiger partial charge on any atom is 0.319 e. The van der Waals surface area contributed by atoms with E-state index in [1.807, 2.05) is 13.8 Å². The molecular formula is C23H42O2. The van der Waals surface area contributed by atoms with Crippen LogP contribution in [0.4, 0.5) is 0 Å². The zero-order valence-corrected chi connectivity index (χ0v) is 17.2. The predicted octanol–water partition coefficient (Wildman–Crippen LogP) is 7.41. The van der Waals surface area contributed by atoms with Gasteiger partial charge in [-0.3, -0.25) is 4.79 Å². The number of unbranched alkanes of at least 4 members (excludes halogenated alkanes) is 14. The van der Waals surface area contributed by atoms with Crippen LogP contribution in [0, 0.1) is 17.9 Å². The van der Waals surface area contributed by atoms with Crippen molar-refractivity contribution in [3.63, 3.8) is 0 Å². The zero-order chi connectivity index (χ0) is 18.6. The van der Waals surface area contributed by atoms with Gasteiger partial charge in [-0.05, 0) is 6.42 Å². The Hall–Kier alpha value is -0.970. The number of rotatable bonds is 16. The summed E-state index contributed by atoms with van der Waals surface area (Å²) in [5.74, 6) is 2.91. The fourth-order valence-corrected chi connectivity index (χ4v) is 2.90. The molecule has 0 rings (SSSR count). The van der Waals surface area contributed by atoms with Crippen molar-refractivity contribution in [2.75, 3.05) is 0 Å². The van der Waals surface area contributed by atoms with E-state index in [0.717, 1.165) is 12.8 Å². The number of ether oxygens (including phenoxy) is 1. The van der Waals surface area contributed by atoms with Crippen molar-refractivity contribution in [2.24, 2.45) is 5.92 Å². The van der Waals surface area contributed by atoms with E-state index in [1.165, 1.54) is 83.5 Å². The Labute approximate surface area is 157 Å². The molecule has 0 N–H and O–H groups in total. The Morgan fingerprint density at radius 2 is 1.12 bits per heavy atom. The lowest BCUT2D eigenvalue weighted by molar-refractivity contribution is -0.136. The summed E-state index contributed by atoms with van der Waals surface area (Å²) in [5.41, 5.74) is 0. The molecule has 0 unspecified atom stereocenters. The molecule has 0 aromatic carbocycles. The second kappa shape index (κ2) is 19.4. The Morgan fingerprint density at radius 1 is 0.720 bits per heavy atom. The van der Waals surface area contributed by atoms with E-state index in [2.05, 4.69) is 19.0 Å². The predicted molar refractivity (Wildman–Crippen MR) is 108 cm³/mol. The molecule has 0 aliphatic carbocycles. The summed E-state index contributed by atoms with van der Waals surface area (Å²) in [5, 5.41) is 0. The van der Waals surface area contributed by atoms with E-state index in [0.29, 0.717) is 6.42 Å². The summed E-state index contributed by atoms with van der Waals surface area (Å²) >= 11 is 0. The van der Waals surface area contributed by atoms with Gasteiger partial charge in [0, 0.05) is 12.3 Å². The van der Waals surface area contributed by atoms with Gasteiger partial charge in [0.15, 0.2) is 0 Å². The third kappa shape index (κ3) is 21.0. The second-order valence-electron chi connectivity index (χ2n) is 7.57. The summed E-state index contributed by atoms with van der Waals surface area (Å²) in [6, 6.07) is 0. The molecule has 2 nitrogen and oxygen atoms in total. The van der Waals surface area contributed by atoms with Crippen LogP contribution in [0.3, 0.4) is 0 Å². The van der Waals surface area contributed by atoms with E-state index in [9.17, 15) is 4.79 Å². The molecule has 0 atom stereocenters. The zero-order valence-electron chi connectivity index (χ0n) is 17.2. The van der Waals surface area contributed by atoms with Gasteiger partial charge >= 0.3 is 5.97 Å². The molecule has 0 radical (unpaired) electrons. The molecule has 0 amide bonds. The fourth-order valence-electron chi connectivity index (χ4n) is 2.90. The lowest BCUT2D eigenvalue weighted by atomic mass is 10.0.